The van der Waals surface area contributed by atoms with E-state index in [0.717, 1.165) is 10.9 Å². The SMILES string of the molecule is CC(C)(C)c1cc2cc(Cl)cc(Cl)c2nc1NN. The zero-order valence-electron chi connectivity index (χ0n) is 10.5. The Balaban J connectivity index is 2.81. The van der Waals surface area contributed by atoms with Crippen LogP contribution in [0.2, 0.25) is 10.0 Å². The second kappa shape index (κ2) is 4.57. The maximum absolute atomic E-state index is 6.14. The van der Waals surface area contributed by atoms with Crippen LogP contribution in [-0.4, -0.2) is 4.98 Å². The number of benzene rings is 1. The minimum Gasteiger partial charge on any atom is -0.308 e. The number of hydrogen-bond acceptors (Lipinski definition) is 3. The number of nitrogen functional groups attached to an aromatic ring is 1. The molecule has 18 heavy (non-hydrogen) atoms. The van der Waals surface area contributed by atoms with Crippen LogP contribution in [0.5, 0.6) is 0 Å². The summed E-state index contributed by atoms with van der Waals surface area (Å²) >= 11 is 12.2. The van der Waals surface area contributed by atoms with Crippen molar-refractivity contribution in [1.29, 1.82) is 0 Å². The molecule has 0 saturated heterocycles. The van der Waals surface area contributed by atoms with Gasteiger partial charge in [-0.25, -0.2) is 10.8 Å². The number of nitrogens with two attached hydrogens (primary N) is 1. The fourth-order valence-corrected chi connectivity index (χ4v) is 2.44. The van der Waals surface area contributed by atoms with Crippen molar-refractivity contribution in [3.63, 3.8) is 0 Å². The van der Waals surface area contributed by atoms with E-state index in [9.17, 15) is 0 Å². The highest BCUT2D eigenvalue weighted by molar-refractivity contribution is 6.38. The lowest BCUT2D eigenvalue weighted by molar-refractivity contribution is 0.590. The molecule has 96 valence electrons. The fourth-order valence-electron chi connectivity index (χ4n) is 1.89. The largest absolute Gasteiger partial charge is 0.308 e. The van der Waals surface area contributed by atoms with E-state index in [1.807, 2.05) is 12.1 Å². The highest BCUT2D eigenvalue weighted by Gasteiger charge is 2.20. The zero-order valence-corrected chi connectivity index (χ0v) is 12.0. The Labute approximate surface area is 116 Å². The van der Waals surface area contributed by atoms with Gasteiger partial charge in [0.15, 0.2) is 0 Å². The normalized spacial score (nSPS) is 11.9. The van der Waals surface area contributed by atoms with Crippen LogP contribution in [0.3, 0.4) is 0 Å². The Morgan fingerprint density at radius 1 is 1.17 bits per heavy atom. The number of hydrogen-bond donors (Lipinski definition) is 2. The van der Waals surface area contributed by atoms with Crippen LogP contribution >= 0.6 is 23.2 Å². The third-order valence-corrected chi connectivity index (χ3v) is 3.29. The van der Waals surface area contributed by atoms with Crippen molar-refractivity contribution in [3.8, 4) is 0 Å². The predicted octanol–water partition coefficient (Wildman–Crippen LogP) is 4.12. The zero-order chi connectivity index (χ0) is 13.5. The molecule has 1 aromatic carbocycles. The van der Waals surface area contributed by atoms with Gasteiger partial charge in [0.1, 0.15) is 5.82 Å². The smallest absolute Gasteiger partial charge is 0.144 e. The van der Waals surface area contributed by atoms with E-state index in [1.54, 1.807) is 6.07 Å². The second-order valence-corrected chi connectivity index (χ2v) is 6.08. The highest BCUT2D eigenvalue weighted by Crippen LogP contribution is 2.34. The second-order valence-electron chi connectivity index (χ2n) is 5.24. The molecule has 3 nitrogen and oxygen atoms in total. The molecule has 0 atom stereocenters. The lowest BCUT2D eigenvalue weighted by atomic mass is 9.86. The van der Waals surface area contributed by atoms with E-state index >= 15 is 0 Å². The van der Waals surface area contributed by atoms with E-state index in [4.69, 9.17) is 29.0 Å². The van der Waals surface area contributed by atoms with Crippen LogP contribution in [0.15, 0.2) is 18.2 Å². The number of halogens is 2. The molecule has 0 aliphatic rings. The maximum atomic E-state index is 6.14. The lowest BCUT2D eigenvalue weighted by Crippen LogP contribution is -2.19. The Bertz CT molecular complexity index is 603. The minimum absolute atomic E-state index is 0.0717. The molecule has 0 spiro atoms. The van der Waals surface area contributed by atoms with E-state index in [0.29, 0.717) is 21.4 Å². The molecule has 0 fully saturated rings. The first kappa shape index (κ1) is 13.4. The summed E-state index contributed by atoms with van der Waals surface area (Å²) in [6.07, 6.45) is 0. The quantitative estimate of drug-likeness (QED) is 0.611. The molecule has 0 saturated carbocycles. The molecule has 2 rings (SSSR count). The number of fused-ring (bicyclic) bond motifs is 1. The van der Waals surface area contributed by atoms with Crippen molar-refractivity contribution in [1.82, 2.24) is 4.98 Å². The molecule has 1 aromatic heterocycles. The number of hydrazine groups is 1. The van der Waals surface area contributed by atoms with Crippen molar-refractivity contribution in [2.24, 2.45) is 5.84 Å². The summed E-state index contributed by atoms with van der Waals surface area (Å²) in [6.45, 7) is 6.30. The average molecular weight is 284 g/mol. The molecule has 5 heteroatoms. The highest BCUT2D eigenvalue weighted by atomic mass is 35.5. The van der Waals surface area contributed by atoms with Gasteiger partial charge in [-0.15, -0.1) is 0 Å². The number of pyridine rings is 1. The van der Waals surface area contributed by atoms with Gasteiger partial charge in [0.2, 0.25) is 0 Å². The van der Waals surface area contributed by atoms with Crippen LogP contribution in [0.4, 0.5) is 5.82 Å². The van der Waals surface area contributed by atoms with Crippen molar-refractivity contribution < 1.29 is 0 Å². The fraction of sp³-hybridized carbons (Fsp3) is 0.308. The molecule has 0 bridgehead atoms. The number of aromatic nitrogens is 1. The Morgan fingerprint density at radius 2 is 1.83 bits per heavy atom. The standard InChI is InChI=1S/C13H15Cl2N3/c1-13(2,3)9-5-7-4-8(14)6-10(15)11(7)17-12(9)18-16/h4-6H,16H2,1-3H3,(H,17,18). The van der Waals surface area contributed by atoms with Crippen LogP contribution in [-0.2, 0) is 5.41 Å². The summed E-state index contributed by atoms with van der Waals surface area (Å²) in [5.41, 5.74) is 4.28. The number of rotatable bonds is 1. The molecule has 0 amide bonds. The molecule has 2 aromatic rings. The van der Waals surface area contributed by atoms with Crippen LogP contribution in [0, 0.1) is 0 Å². The van der Waals surface area contributed by atoms with Crippen molar-refractivity contribution in [3.05, 3.63) is 33.8 Å². The third kappa shape index (κ3) is 2.39. The Kier molecular flexibility index (Phi) is 3.41. The van der Waals surface area contributed by atoms with Crippen LogP contribution in [0.1, 0.15) is 26.3 Å². The van der Waals surface area contributed by atoms with E-state index in [1.165, 1.54) is 0 Å². The van der Waals surface area contributed by atoms with Crippen molar-refractivity contribution in [2.45, 2.75) is 26.2 Å². The van der Waals surface area contributed by atoms with Gasteiger partial charge in [-0.2, -0.15) is 0 Å². The molecule has 0 unspecified atom stereocenters. The first-order chi connectivity index (χ1) is 8.32. The molecule has 0 aliphatic heterocycles. The number of nitrogens with one attached hydrogen (secondary N) is 1. The van der Waals surface area contributed by atoms with Gasteiger partial charge in [-0.1, -0.05) is 44.0 Å². The maximum Gasteiger partial charge on any atom is 0.144 e. The van der Waals surface area contributed by atoms with Gasteiger partial charge in [-0.3, -0.25) is 0 Å². The lowest BCUT2D eigenvalue weighted by Gasteiger charge is -2.22. The summed E-state index contributed by atoms with van der Waals surface area (Å²) in [5.74, 6) is 6.17. The summed E-state index contributed by atoms with van der Waals surface area (Å²) in [4.78, 5) is 4.47. The first-order valence-electron chi connectivity index (χ1n) is 5.60. The molecule has 1 heterocycles. The minimum atomic E-state index is -0.0717. The summed E-state index contributed by atoms with van der Waals surface area (Å²) in [7, 11) is 0. The monoisotopic (exact) mass is 283 g/mol. The van der Waals surface area contributed by atoms with E-state index in [2.05, 4.69) is 31.2 Å². The van der Waals surface area contributed by atoms with Gasteiger partial charge < -0.3 is 5.43 Å². The van der Waals surface area contributed by atoms with Gasteiger partial charge in [0, 0.05) is 16.0 Å². The molecular weight excluding hydrogens is 269 g/mol. The van der Waals surface area contributed by atoms with Crippen molar-refractivity contribution in [2.75, 3.05) is 5.43 Å². The van der Waals surface area contributed by atoms with Crippen LogP contribution in [0.25, 0.3) is 10.9 Å². The molecular formula is C13H15Cl2N3. The summed E-state index contributed by atoms with van der Waals surface area (Å²) < 4.78 is 0. The van der Waals surface area contributed by atoms with Gasteiger partial charge >= 0.3 is 0 Å². The van der Waals surface area contributed by atoms with Crippen molar-refractivity contribution >= 4 is 39.9 Å². The Hall–Kier alpha value is -1.03. The topological polar surface area (TPSA) is 50.9 Å². The van der Waals surface area contributed by atoms with E-state index in [-0.39, 0.29) is 5.41 Å². The van der Waals surface area contributed by atoms with Gasteiger partial charge in [0.05, 0.1) is 10.5 Å². The van der Waals surface area contributed by atoms with Gasteiger partial charge in [0.25, 0.3) is 0 Å². The first-order valence-corrected chi connectivity index (χ1v) is 6.35. The average Bonchev–Trinajstić information content (AvgIpc) is 2.26. The third-order valence-electron chi connectivity index (χ3n) is 2.78. The molecule has 0 radical (unpaired) electrons. The summed E-state index contributed by atoms with van der Waals surface area (Å²) in [5, 5.41) is 2.04. The number of nitrogens with zero attached hydrogens (tertiary/aromatic N) is 1. The van der Waals surface area contributed by atoms with Gasteiger partial charge in [-0.05, 0) is 23.6 Å². The summed E-state index contributed by atoms with van der Waals surface area (Å²) in [6, 6.07) is 5.55. The number of anilines is 1. The molecule has 3 N–H and O–H groups in total. The molecule has 0 aliphatic carbocycles. The Morgan fingerprint density at radius 3 is 2.39 bits per heavy atom. The van der Waals surface area contributed by atoms with Crippen LogP contribution < -0.4 is 11.3 Å². The predicted molar refractivity (Wildman–Crippen MR) is 78.3 cm³/mol. The van der Waals surface area contributed by atoms with E-state index < -0.39 is 0 Å².